The summed E-state index contributed by atoms with van der Waals surface area (Å²) in [5.74, 6) is 0. The molecule has 0 fully saturated rings. The molecular weight excluding hydrogens is 511 g/mol. The molecule has 0 saturated carbocycles. The lowest BCUT2D eigenvalue weighted by Gasteiger charge is -2.02. The van der Waals surface area contributed by atoms with E-state index in [0.29, 0.717) is 25.9 Å². The lowest BCUT2D eigenvalue weighted by Crippen LogP contribution is -1.95. The van der Waals surface area contributed by atoms with Crippen molar-refractivity contribution in [3.05, 3.63) is 77.7 Å². The number of aliphatic hydroxyl groups excluding tert-OH is 1. The van der Waals surface area contributed by atoms with Crippen molar-refractivity contribution >= 4 is 60.7 Å². The van der Waals surface area contributed by atoms with Crippen LogP contribution in [0.1, 0.15) is 5.69 Å². The second-order valence-electron chi connectivity index (χ2n) is 4.69. The third-order valence-electron chi connectivity index (χ3n) is 2.92. The smallest absolute Gasteiger partial charge is 0.109 e. The fraction of sp³-hybridized carbons (Fsp3) is 0.0667. The van der Waals surface area contributed by atoms with Crippen LogP contribution in [0.4, 0.5) is 5.69 Å². The molecule has 3 rings (SSSR count). The van der Waals surface area contributed by atoms with E-state index in [1.165, 1.54) is 0 Å². The lowest BCUT2D eigenvalue weighted by molar-refractivity contribution is 0.276. The number of hydrogen-bond acceptors (Lipinski definition) is 4. The maximum atomic E-state index is 8.86. The molecule has 3 aromatic rings. The molecule has 0 aliphatic carbocycles. The number of rotatable bonds is 3. The third kappa shape index (κ3) is 5.70. The van der Waals surface area contributed by atoms with Crippen molar-refractivity contribution in [2.45, 2.75) is 6.61 Å². The highest BCUT2D eigenvalue weighted by Gasteiger charge is 2.06. The van der Waals surface area contributed by atoms with E-state index in [0.717, 1.165) is 10.2 Å². The minimum atomic E-state index is -0.120. The Kier molecular flexibility index (Phi) is 7.89. The summed E-state index contributed by atoms with van der Waals surface area (Å²) in [6.07, 6.45) is 1.66. The van der Waals surface area contributed by atoms with Gasteiger partial charge in [0.15, 0.2) is 0 Å². The van der Waals surface area contributed by atoms with Crippen LogP contribution in [-0.4, -0.2) is 20.1 Å². The van der Waals surface area contributed by atoms with E-state index in [1.807, 2.05) is 6.07 Å². The van der Waals surface area contributed by atoms with Gasteiger partial charge >= 0.3 is 0 Å². The lowest BCUT2D eigenvalue weighted by atomic mass is 10.3. The Balaban J connectivity index is 0.000000197. The second-order valence-corrected chi connectivity index (χ2v) is 7.28. The minimum absolute atomic E-state index is 0.120. The third-order valence-corrected chi connectivity index (χ3v) is 4.66. The summed E-state index contributed by atoms with van der Waals surface area (Å²) in [5.41, 5.74) is 10.0. The van der Waals surface area contributed by atoms with Gasteiger partial charge in [0, 0.05) is 23.9 Å². The van der Waals surface area contributed by atoms with Crippen LogP contribution >= 0.6 is 55.1 Å². The van der Waals surface area contributed by atoms with Gasteiger partial charge in [-0.3, -0.25) is 0 Å². The van der Waals surface area contributed by atoms with E-state index in [-0.39, 0.29) is 6.61 Å². The molecule has 0 aliphatic heterocycles. The van der Waals surface area contributed by atoms with Crippen molar-refractivity contribution in [3.8, 4) is 5.69 Å². The van der Waals surface area contributed by atoms with Crippen molar-refractivity contribution in [1.29, 1.82) is 0 Å². The maximum Gasteiger partial charge on any atom is 0.109 e. The van der Waals surface area contributed by atoms with Crippen molar-refractivity contribution < 1.29 is 5.11 Å². The molecule has 0 aliphatic rings. The Morgan fingerprint density at radius 2 is 1.77 bits per heavy atom. The maximum absolute atomic E-state index is 8.86. The van der Waals surface area contributed by atoms with Gasteiger partial charge in [0.25, 0.3) is 0 Å². The first-order chi connectivity index (χ1) is 12.4. The number of nitrogens with zero attached hydrogens (tertiary/aromatic N) is 6. The number of benzene rings is 2. The molecule has 2 aromatic carbocycles. The molecule has 11 heteroatoms. The fourth-order valence-electron chi connectivity index (χ4n) is 1.77. The number of hydrogen-bond donors (Lipinski definition) is 1. The van der Waals surface area contributed by atoms with Crippen LogP contribution in [0.2, 0.25) is 10.0 Å². The van der Waals surface area contributed by atoms with E-state index in [2.05, 4.69) is 52.2 Å². The van der Waals surface area contributed by atoms with Crippen LogP contribution in [0.15, 0.2) is 56.7 Å². The van der Waals surface area contributed by atoms with Gasteiger partial charge < -0.3 is 5.11 Å². The Hall–Kier alpha value is -1.61. The quantitative estimate of drug-likeness (QED) is 0.252. The van der Waals surface area contributed by atoms with Crippen molar-refractivity contribution in [3.63, 3.8) is 0 Å². The molecule has 7 nitrogen and oxygen atoms in total. The standard InChI is InChI=1S/C9H7BrClN3O.C6H3BrClN3/c10-8-3-6(11)1-2-9(8)14-4-7(5-15)12-13-14;7-5-3-4(8)1-2-6(5)10-11-9/h1-4,15H,5H2;1-3H. The molecule has 0 spiro atoms. The topological polar surface area (TPSA) is 99.7 Å². The van der Waals surface area contributed by atoms with Crippen LogP contribution in [0, 0.1) is 0 Å². The number of azide groups is 1. The largest absolute Gasteiger partial charge is 0.390 e. The monoisotopic (exact) mass is 518 g/mol. The SMILES string of the molecule is OCc1cn(-c2ccc(Cl)cc2Br)nn1.[N-]=[N+]=Nc1ccc(Cl)cc1Br. The molecule has 0 radical (unpaired) electrons. The summed E-state index contributed by atoms with van der Waals surface area (Å²) in [6, 6.07) is 10.3. The molecule has 0 unspecified atom stereocenters. The molecule has 0 atom stereocenters. The Bertz CT molecular complexity index is 959. The summed E-state index contributed by atoms with van der Waals surface area (Å²) >= 11 is 18.1. The first-order valence-electron chi connectivity index (χ1n) is 6.92. The average Bonchev–Trinajstić information content (AvgIpc) is 3.07. The van der Waals surface area contributed by atoms with Gasteiger partial charge in [0.2, 0.25) is 0 Å². The highest BCUT2D eigenvalue weighted by Crippen LogP contribution is 2.28. The second kappa shape index (κ2) is 9.91. The minimum Gasteiger partial charge on any atom is -0.390 e. The first kappa shape index (κ1) is 20.7. The number of halogens is 4. The molecule has 26 heavy (non-hydrogen) atoms. The molecule has 1 aromatic heterocycles. The summed E-state index contributed by atoms with van der Waals surface area (Å²) in [7, 11) is 0. The van der Waals surface area contributed by atoms with E-state index >= 15 is 0 Å². The van der Waals surface area contributed by atoms with Gasteiger partial charge in [-0.1, -0.05) is 55.5 Å². The zero-order chi connectivity index (χ0) is 19.1. The molecule has 1 heterocycles. The zero-order valence-electron chi connectivity index (χ0n) is 12.9. The van der Waals surface area contributed by atoms with Crippen molar-refractivity contribution in [2.75, 3.05) is 0 Å². The average molecular weight is 521 g/mol. The predicted molar refractivity (Wildman–Crippen MR) is 108 cm³/mol. The van der Waals surface area contributed by atoms with Gasteiger partial charge in [-0.05, 0) is 51.8 Å². The van der Waals surface area contributed by atoms with Crippen LogP contribution in [0.25, 0.3) is 16.1 Å². The summed E-state index contributed by atoms with van der Waals surface area (Å²) in [5, 5.41) is 21.2. The molecule has 0 bridgehead atoms. The first-order valence-corrected chi connectivity index (χ1v) is 9.26. The fourth-order valence-corrected chi connectivity index (χ4v) is 3.39. The Morgan fingerprint density at radius 1 is 1.12 bits per heavy atom. The predicted octanol–water partition coefficient (Wildman–Crippen LogP) is 6.22. The van der Waals surface area contributed by atoms with E-state index in [1.54, 1.807) is 41.2 Å². The van der Waals surface area contributed by atoms with Gasteiger partial charge in [0.1, 0.15) is 5.69 Å². The normalized spacial score (nSPS) is 9.88. The van der Waals surface area contributed by atoms with Crippen LogP contribution in [-0.2, 0) is 6.61 Å². The van der Waals surface area contributed by atoms with Crippen molar-refractivity contribution in [2.24, 2.45) is 5.11 Å². The van der Waals surface area contributed by atoms with Crippen LogP contribution < -0.4 is 0 Å². The zero-order valence-corrected chi connectivity index (χ0v) is 17.6. The van der Waals surface area contributed by atoms with E-state index in [4.69, 9.17) is 33.8 Å². The van der Waals surface area contributed by atoms with Gasteiger partial charge in [-0.25, -0.2) is 4.68 Å². The Morgan fingerprint density at radius 3 is 2.31 bits per heavy atom. The summed E-state index contributed by atoms with van der Waals surface area (Å²) in [6.45, 7) is -0.120. The molecule has 134 valence electrons. The van der Waals surface area contributed by atoms with Gasteiger partial charge in [0.05, 0.1) is 24.2 Å². The molecule has 1 N–H and O–H groups in total. The molecule has 0 amide bonds. The number of aromatic nitrogens is 3. The highest BCUT2D eigenvalue weighted by molar-refractivity contribution is 9.11. The van der Waals surface area contributed by atoms with E-state index < -0.39 is 0 Å². The number of aliphatic hydroxyl groups is 1. The van der Waals surface area contributed by atoms with Crippen molar-refractivity contribution in [1.82, 2.24) is 15.0 Å². The molecule has 0 saturated heterocycles. The van der Waals surface area contributed by atoms with Crippen LogP contribution in [0.3, 0.4) is 0 Å². The van der Waals surface area contributed by atoms with Gasteiger partial charge in [-0.2, -0.15) is 0 Å². The summed E-state index contributed by atoms with van der Waals surface area (Å²) in [4.78, 5) is 2.65. The van der Waals surface area contributed by atoms with Gasteiger partial charge in [-0.15, -0.1) is 5.10 Å². The Labute approximate surface area is 175 Å². The van der Waals surface area contributed by atoms with E-state index in [9.17, 15) is 0 Å². The summed E-state index contributed by atoms with van der Waals surface area (Å²) < 4.78 is 3.10. The van der Waals surface area contributed by atoms with Crippen LogP contribution in [0.5, 0.6) is 0 Å². The highest BCUT2D eigenvalue weighted by atomic mass is 79.9. The molecular formula is C15H10Br2Cl2N6O.